The number of hydrogen-bond acceptors (Lipinski definition) is 5. The first kappa shape index (κ1) is 24.3. The number of aryl methyl sites for hydroxylation is 1. The second-order valence-electron chi connectivity index (χ2n) is 9.70. The highest BCUT2D eigenvalue weighted by Gasteiger charge is 2.26. The minimum absolute atomic E-state index is 0.120. The molecule has 3 aromatic rings. The number of amides is 1. The zero-order chi connectivity index (χ0) is 25.1. The number of rotatable bonds is 6. The van der Waals surface area contributed by atoms with E-state index in [0.29, 0.717) is 12.6 Å². The van der Waals surface area contributed by atoms with Gasteiger partial charge in [-0.3, -0.25) is 14.5 Å². The van der Waals surface area contributed by atoms with E-state index >= 15 is 0 Å². The quantitative estimate of drug-likeness (QED) is 0.548. The summed E-state index contributed by atoms with van der Waals surface area (Å²) in [6, 6.07) is 8.99. The van der Waals surface area contributed by atoms with Crippen LogP contribution in [0.25, 0.3) is 27.6 Å². The maximum Gasteiger partial charge on any atom is 0.219 e. The lowest BCUT2D eigenvalue weighted by Crippen LogP contribution is -2.41. The summed E-state index contributed by atoms with van der Waals surface area (Å²) < 4.78 is 7.37. The van der Waals surface area contributed by atoms with Crippen LogP contribution in [0.4, 0.5) is 0 Å². The second kappa shape index (κ2) is 10.7. The third kappa shape index (κ3) is 5.07. The van der Waals surface area contributed by atoms with E-state index in [9.17, 15) is 4.79 Å². The summed E-state index contributed by atoms with van der Waals surface area (Å²) in [6.45, 7) is 6.79. The third-order valence-electron chi connectivity index (χ3n) is 7.18. The van der Waals surface area contributed by atoms with E-state index in [1.807, 2.05) is 30.5 Å². The summed E-state index contributed by atoms with van der Waals surface area (Å²) in [6.07, 6.45) is 11.9. The van der Waals surface area contributed by atoms with Crippen LogP contribution in [-0.4, -0.2) is 57.9 Å². The first-order chi connectivity index (χ1) is 17.5. The standard InChI is InChI=1S/C29H35N5O2/c1-4-6-24(27-19-34(20(2)35)12-9-28(27)32-23-10-13-36-14-11-23)25-8-5-7-21-15-29(30-17-26(21)25)22-16-31-33(3)18-22/h5-8,15-18,23,32H,4,9-14,19H2,1-3H3/b24-6+. The number of allylic oxidation sites excluding steroid dienone is 1. The SMILES string of the molecule is CC/C=C(/C1=C(NC2CCOCC2)CCN(C(C)=O)C1)c1cccc2cc(-c3cnn(C)c3)ncc12. The van der Waals surface area contributed by atoms with E-state index in [4.69, 9.17) is 9.72 Å². The molecule has 7 heteroatoms. The second-order valence-corrected chi connectivity index (χ2v) is 9.70. The van der Waals surface area contributed by atoms with Crippen LogP contribution in [0, 0.1) is 0 Å². The minimum Gasteiger partial charge on any atom is -0.385 e. The van der Waals surface area contributed by atoms with Crippen molar-refractivity contribution in [2.24, 2.45) is 7.05 Å². The largest absolute Gasteiger partial charge is 0.385 e. The highest BCUT2D eigenvalue weighted by atomic mass is 16.5. The Morgan fingerprint density at radius 1 is 1.25 bits per heavy atom. The Kier molecular flexibility index (Phi) is 7.18. The molecule has 2 aliphatic heterocycles. The molecular formula is C29H35N5O2. The molecular weight excluding hydrogens is 450 g/mol. The number of carbonyl (C=O) groups is 1. The van der Waals surface area contributed by atoms with E-state index in [-0.39, 0.29) is 5.91 Å². The summed E-state index contributed by atoms with van der Waals surface area (Å²) in [5, 5.41) is 10.4. The van der Waals surface area contributed by atoms with E-state index in [1.165, 1.54) is 16.8 Å². The summed E-state index contributed by atoms with van der Waals surface area (Å²) in [5.41, 5.74) is 6.75. The molecule has 0 radical (unpaired) electrons. The van der Waals surface area contributed by atoms with Crippen molar-refractivity contribution in [1.29, 1.82) is 0 Å². The Labute approximate surface area is 212 Å². The monoisotopic (exact) mass is 485 g/mol. The van der Waals surface area contributed by atoms with Gasteiger partial charge in [-0.15, -0.1) is 0 Å². The van der Waals surface area contributed by atoms with Crippen molar-refractivity contribution in [2.45, 2.75) is 45.6 Å². The van der Waals surface area contributed by atoms with Gasteiger partial charge in [-0.2, -0.15) is 5.10 Å². The number of aromatic nitrogens is 3. The van der Waals surface area contributed by atoms with Crippen LogP contribution in [0.3, 0.4) is 0 Å². The highest BCUT2D eigenvalue weighted by molar-refractivity contribution is 5.98. The number of benzene rings is 1. The van der Waals surface area contributed by atoms with E-state index in [2.05, 4.69) is 47.7 Å². The van der Waals surface area contributed by atoms with Gasteiger partial charge in [-0.05, 0) is 47.4 Å². The lowest BCUT2D eigenvalue weighted by Gasteiger charge is -2.35. The lowest BCUT2D eigenvalue weighted by atomic mass is 9.88. The van der Waals surface area contributed by atoms with Crippen molar-refractivity contribution in [3.8, 4) is 11.3 Å². The first-order valence-corrected chi connectivity index (χ1v) is 12.9. The minimum atomic E-state index is 0.120. The molecule has 1 saturated heterocycles. The van der Waals surface area contributed by atoms with Crippen LogP contribution in [0.1, 0.15) is 45.1 Å². The molecule has 1 N–H and O–H groups in total. The molecule has 0 atom stereocenters. The highest BCUT2D eigenvalue weighted by Crippen LogP contribution is 2.35. The zero-order valence-electron chi connectivity index (χ0n) is 21.5. The Hall–Kier alpha value is -3.45. The van der Waals surface area contributed by atoms with E-state index in [0.717, 1.165) is 73.0 Å². The van der Waals surface area contributed by atoms with Gasteiger partial charge < -0.3 is 15.0 Å². The van der Waals surface area contributed by atoms with Crippen molar-refractivity contribution in [1.82, 2.24) is 25.0 Å². The maximum atomic E-state index is 12.4. The zero-order valence-corrected chi connectivity index (χ0v) is 21.5. The Bertz CT molecular complexity index is 1320. The average Bonchev–Trinajstić information content (AvgIpc) is 3.34. The summed E-state index contributed by atoms with van der Waals surface area (Å²) >= 11 is 0. The number of nitrogens with zero attached hydrogens (tertiary/aromatic N) is 4. The van der Waals surface area contributed by atoms with Crippen LogP contribution in [0.5, 0.6) is 0 Å². The molecule has 188 valence electrons. The van der Waals surface area contributed by atoms with Crippen LogP contribution in [0.2, 0.25) is 0 Å². The fraction of sp³-hybridized carbons (Fsp3) is 0.414. The van der Waals surface area contributed by atoms with Crippen LogP contribution >= 0.6 is 0 Å². The van der Waals surface area contributed by atoms with Gasteiger partial charge in [0.05, 0.1) is 11.9 Å². The van der Waals surface area contributed by atoms with E-state index in [1.54, 1.807) is 11.6 Å². The van der Waals surface area contributed by atoms with Crippen molar-refractivity contribution < 1.29 is 9.53 Å². The molecule has 0 saturated carbocycles. The van der Waals surface area contributed by atoms with Crippen molar-refractivity contribution >= 4 is 22.3 Å². The summed E-state index contributed by atoms with van der Waals surface area (Å²) in [5.74, 6) is 0.120. The Balaban J connectivity index is 1.58. The first-order valence-electron chi connectivity index (χ1n) is 12.9. The molecule has 36 heavy (non-hydrogen) atoms. The Morgan fingerprint density at radius 2 is 2.08 bits per heavy atom. The number of ether oxygens (including phenoxy) is 1. The van der Waals surface area contributed by atoms with Crippen molar-refractivity contribution in [3.63, 3.8) is 0 Å². The molecule has 1 amide bonds. The van der Waals surface area contributed by atoms with Crippen LogP contribution < -0.4 is 5.32 Å². The Morgan fingerprint density at radius 3 is 2.81 bits per heavy atom. The lowest BCUT2D eigenvalue weighted by molar-refractivity contribution is -0.128. The topological polar surface area (TPSA) is 72.3 Å². The van der Waals surface area contributed by atoms with Gasteiger partial charge in [0.15, 0.2) is 0 Å². The number of fused-ring (bicyclic) bond motifs is 1. The number of pyridine rings is 1. The predicted molar refractivity (Wildman–Crippen MR) is 143 cm³/mol. The molecule has 0 unspecified atom stereocenters. The number of nitrogens with one attached hydrogen (secondary N) is 1. The molecule has 2 aliphatic rings. The molecule has 0 aliphatic carbocycles. The van der Waals surface area contributed by atoms with Gasteiger partial charge in [0.2, 0.25) is 5.91 Å². The smallest absolute Gasteiger partial charge is 0.219 e. The van der Waals surface area contributed by atoms with Gasteiger partial charge >= 0.3 is 0 Å². The average molecular weight is 486 g/mol. The van der Waals surface area contributed by atoms with Gasteiger partial charge in [-0.25, -0.2) is 0 Å². The van der Waals surface area contributed by atoms with Gasteiger partial charge in [-0.1, -0.05) is 31.2 Å². The molecule has 5 rings (SSSR count). The molecule has 0 spiro atoms. The van der Waals surface area contributed by atoms with Gasteiger partial charge in [0, 0.05) is 81.8 Å². The number of hydrogen-bond donors (Lipinski definition) is 1. The molecule has 2 aromatic heterocycles. The fourth-order valence-corrected chi connectivity index (χ4v) is 5.24. The summed E-state index contributed by atoms with van der Waals surface area (Å²) in [4.78, 5) is 19.1. The molecule has 4 heterocycles. The predicted octanol–water partition coefficient (Wildman–Crippen LogP) is 4.70. The summed E-state index contributed by atoms with van der Waals surface area (Å²) in [7, 11) is 1.92. The fourth-order valence-electron chi connectivity index (χ4n) is 5.24. The van der Waals surface area contributed by atoms with E-state index < -0.39 is 0 Å². The van der Waals surface area contributed by atoms with Gasteiger partial charge in [0.25, 0.3) is 0 Å². The van der Waals surface area contributed by atoms with Crippen molar-refractivity contribution in [3.05, 3.63) is 65.8 Å². The maximum absolute atomic E-state index is 12.4. The normalized spacial score (nSPS) is 17.6. The van der Waals surface area contributed by atoms with Crippen molar-refractivity contribution in [2.75, 3.05) is 26.3 Å². The molecule has 7 nitrogen and oxygen atoms in total. The number of carbonyl (C=O) groups excluding carboxylic acids is 1. The van der Waals surface area contributed by atoms with Crippen LogP contribution in [-0.2, 0) is 16.6 Å². The van der Waals surface area contributed by atoms with Crippen LogP contribution in [0.15, 0.2) is 60.2 Å². The van der Waals surface area contributed by atoms with Gasteiger partial charge in [0.1, 0.15) is 0 Å². The molecule has 1 aromatic carbocycles. The third-order valence-corrected chi connectivity index (χ3v) is 7.18. The molecule has 0 bridgehead atoms. The molecule has 1 fully saturated rings.